The first-order valence-corrected chi connectivity index (χ1v) is 9.29. The van der Waals surface area contributed by atoms with Crippen molar-refractivity contribution in [3.63, 3.8) is 0 Å². The fraction of sp³-hybridized carbons (Fsp3) is 0.188. The molecular weight excluding hydrogens is 411 g/mol. The quantitative estimate of drug-likeness (QED) is 0.655. The van der Waals surface area contributed by atoms with Gasteiger partial charge in [0.05, 0.1) is 28.5 Å². The summed E-state index contributed by atoms with van der Waals surface area (Å²) in [5.41, 5.74) is 1.63. The van der Waals surface area contributed by atoms with Gasteiger partial charge in [-0.2, -0.15) is 0 Å². The topological polar surface area (TPSA) is 102 Å². The molecule has 27 heavy (non-hydrogen) atoms. The number of benzene rings is 1. The van der Waals surface area contributed by atoms with Crippen molar-refractivity contribution < 1.29 is 9.59 Å². The minimum absolute atomic E-state index is 0.173. The molecule has 0 bridgehead atoms. The molecular formula is C16H14Cl2N6O2S. The van der Waals surface area contributed by atoms with Crippen LogP contribution in [0.15, 0.2) is 24.4 Å². The largest absolute Gasteiger partial charge is 0.354 e. The Bertz CT molecular complexity index is 1020. The molecule has 0 unspecified atom stereocenters. The number of aromatic nitrogens is 4. The average Bonchev–Trinajstić information content (AvgIpc) is 3.25. The Morgan fingerprint density at radius 2 is 2.00 bits per heavy atom. The van der Waals surface area contributed by atoms with Gasteiger partial charge in [-0.05, 0) is 24.6 Å². The highest BCUT2D eigenvalue weighted by Crippen LogP contribution is 2.23. The molecule has 3 rings (SSSR count). The lowest BCUT2D eigenvalue weighted by Crippen LogP contribution is -2.16. The number of rotatable bonds is 5. The Morgan fingerprint density at radius 1 is 1.22 bits per heavy atom. The summed E-state index contributed by atoms with van der Waals surface area (Å²) in [4.78, 5) is 28.4. The average molecular weight is 425 g/mol. The monoisotopic (exact) mass is 424 g/mol. The third-order valence-electron chi connectivity index (χ3n) is 3.69. The van der Waals surface area contributed by atoms with Crippen LogP contribution in [0.2, 0.25) is 10.0 Å². The molecule has 2 heterocycles. The van der Waals surface area contributed by atoms with Gasteiger partial charge in [-0.1, -0.05) is 45.8 Å². The number of halogens is 2. The van der Waals surface area contributed by atoms with E-state index in [0.717, 1.165) is 16.9 Å². The van der Waals surface area contributed by atoms with Crippen molar-refractivity contribution in [3.05, 3.63) is 56.3 Å². The summed E-state index contributed by atoms with van der Waals surface area (Å²) in [5.74, 6) is -0.720. The first-order chi connectivity index (χ1) is 12.9. The highest BCUT2D eigenvalue weighted by molar-refractivity contribution is 7.17. The van der Waals surface area contributed by atoms with Gasteiger partial charge in [0.2, 0.25) is 0 Å². The Morgan fingerprint density at radius 3 is 2.70 bits per heavy atom. The predicted octanol–water partition coefficient (Wildman–Crippen LogP) is 3.01. The number of carbonyl (C=O) groups excluding carboxylic acids is 2. The molecule has 0 aliphatic heterocycles. The van der Waals surface area contributed by atoms with Crippen molar-refractivity contribution in [2.75, 3.05) is 12.4 Å². The number of carbonyl (C=O) groups is 2. The maximum Gasteiger partial charge on any atom is 0.279 e. The Labute approximate surface area is 168 Å². The van der Waals surface area contributed by atoms with E-state index in [4.69, 9.17) is 23.2 Å². The van der Waals surface area contributed by atoms with Gasteiger partial charge in [-0.15, -0.1) is 5.10 Å². The number of amides is 2. The van der Waals surface area contributed by atoms with Gasteiger partial charge in [-0.25, -0.2) is 9.67 Å². The summed E-state index contributed by atoms with van der Waals surface area (Å²) in [6.07, 6.45) is 1.40. The Balaban J connectivity index is 1.74. The molecule has 2 aromatic heterocycles. The summed E-state index contributed by atoms with van der Waals surface area (Å²) < 4.78 is 1.59. The summed E-state index contributed by atoms with van der Waals surface area (Å²) in [6.45, 7) is 2.13. The number of nitrogens with one attached hydrogen (secondary N) is 2. The van der Waals surface area contributed by atoms with Crippen LogP contribution in [0, 0.1) is 6.92 Å². The number of anilines is 1. The maximum atomic E-state index is 12.4. The molecule has 2 N–H and O–H groups in total. The van der Waals surface area contributed by atoms with Crippen molar-refractivity contribution in [1.29, 1.82) is 0 Å². The zero-order valence-corrected chi connectivity index (χ0v) is 16.6. The molecule has 0 fully saturated rings. The van der Waals surface area contributed by atoms with E-state index in [1.807, 2.05) is 6.07 Å². The van der Waals surface area contributed by atoms with Crippen LogP contribution in [-0.4, -0.2) is 38.8 Å². The highest BCUT2D eigenvalue weighted by Gasteiger charge is 2.19. The maximum absolute atomic E-state index is 12.4. The lowest BCUT2D eigenvalue weighted by atomic mass is 10.2. The molecule has 0 aliphatic rings. The Kier molecular flexibility index (Phi) is 5.73. The van der Waals surface area contributed by atoms with Crippen molar-refractivity contribution >= 4 is 51.5 Å². The van der Waals surface area contributed by atoms with Gasteiger partial charge in [0.15, 0.2) is 10.8 Å². The first-order valence-electron chi connectivity index (χ1n) is 7.72. The molecule has 3 aromatic rings. The van der Waals surface area contributed by atoms with Gasteiger partial charge in [0.25, 0.3) is 11.8 Å². The highest BCUT2D eigenvalue weighted by atomic mass is 35.5. The van der Waals surface area contributed by atoms with Gasteiger partial charge in [0, 0.05) is 7.05 Å². The van der Waals surface area contributed by atoms with E-state index in [1.165, 1.54) is 13.2 Å². The molecule has 0 atom stereocenters. The number of hydrogen-bond acceptors (Lipinski definition) is 6. The second kappa shape index (κ2) is 8.03. The van der Waals surface area contributed by atoms with E-state index in [-0.39, 0.29) is 11.6 Å². The lowest BCUT2D eigenvalue weighted by molar-refractivity contribution is 0.0965. The van der Waals surface area contributed by atoms with Crippen LogP contribution in [-0.2, 0) is 6.54 Å². The minimum Gasteiger partial charge on any atom is -0.354 e. The minimum atomic E-state index is -0.453. The fourth-order valence-electron chi connectivity index (χ4n) is 2.25. The van der Waals surface area contributed by atoms with Crippen LogP contribution in [0.1, 0.15) is 31.4 Å². The molecule has 8 nitrogen and oxygen atoms in total. The van der Waals surface area contributed by atoms with Gasteiger partial charge < -0.3 is 5.32 Å². The standard InChI is InChI=1S/C16H14Cl2N6O2S/c1-8-13(15(26)21-16-20-6-12(27-16)14(25)19-2)22-23-24(8)7-9-3-4-10(17)11(18)5-9/h3-6H,7H2,1-2H3,(H,19,25)(H,20,21,26). The van der Waals surface area contributed by atoms with Gasteiger partial charge in [0.1, 0.15) is 4.88 Å². The molecule has 0 spiro atoms. The van der Waals surface area contributed by atoms with Crippen LogP contribution in [0.5, 0.6) is 0 Å². The molecule has 0 radical (unpaired) electrons. The number of hydrogen-bond donors (Lipinski definition) is 2. The molecule has 1 aromatic carbocycles. The van der Waals surface area contributed by atoms with E-state index in [0.29, 0.717) is 32.3 Å². The molecule has 0 aliphatic carbocycles. The van der Waals surface area contributed by atoms with Crippen LogP contribution in [0.25, 0.3) is 0 Å². The second-order valence-electron chi connectivity index (χ2n) is 5.49. The molecule has 11 heteroatoms. The van der Waals surface area contributed by atoms with Crippen LogP contribution in [0.3, 0.4) is 0 Å². The molecule has 0 saturated heterocycles. The smallest absolute Gasteiger partial charge is 0.279 e. The van der Waals surface area contributed by atoms with Crippen molar-refractivity contribution in [1.82, 2.24) is 25.3 Å². The SMILES string of the molecule is CNC(=O)c1cnc(NC(=O)c2nnn(Cc3ccc(Cl)c(Cl)c3)c2C)s1. The normalized spacial score (nSPS) is 10.7. The van der Waals surface area contributed by atoms with Crippen LogP contribution >= 0.6 is 34.5 Å². The van der Waals surface area contributed by atoms with E-state index >= 15 is 0 Å². The summed E-state index contributed by atoms with van der Waals surface area (Å²) in [7, 11) is 1.52. The summed E-state index contributed by atoms with van der Waals surface area (Å²) >= 11 is 13.0. The predicted molar refractivity (Wildman–Crippen MR) is 104 cm³/mol. The molecule has 2 amide bonds. The molecule has 140 valence electrons. The summed E-state index contributed by atoms with van der Waals surface area (Å²) in [6, 6.07) is 5.26. The zero-order chi connectivity index (χ0) is 19.6. The Hall–Kier alpha value is -2.49. The van der Waals surface area contributed by atoms with E-state index in [9.17, 15) is 9.59 Å². The van der Waals surface area contributed by atoms with Gasteiger partial charge >= 0.3 is 0 Å². The number of thiazole rings is 1. The first kappa shape index (κ1) is 19.3. The fourth-order valence-corrected chi connectivity index (χ4v) is 3.33. The van der Waals surface area contributed by atoms with Crippen molar-refractivity contribution in [2.45, 2.75) is 13.5 Å². The summed E-state index contributed by atoms with van der Waals surface area (Å²) in [5, 5.41) is 14.3. The van der Waals surface area contributed by atoms with E-state index in [1.54, 1.807) is 23.7 Å². The molecule has 0 saturated carbocycles. The van der Waals surface area contributed by atoms with E-state index in [2.05, 4.69) is 25.9 Å². The lowest BCUT2D eigenvalue weighted by Gasteiger charge is -2.05. The van der Waals surface area contributed by atoms with Gasteiger partial charge in [-0.3, -0.25) is 14.9 Å². The number of nitrogens with zero attached hydrogens (tertiary/aromatic N) is 4. The van der Waals surface area contributed by atoms with E-state index < -0.39 is 5.91 Å². The second-order valence-corrected chi connectivity index (χ2v) is 7.34. The van der Waals surface area contributed by atoms with Crippen LogP contribution < -0.4 is 10.6 Å². The van der Waals surface area contributed by atoms with Crippen LogP contribution in [0.4, 0.5) is 5.13 Å². The van der Waals surface area contributed by atoms with Crippen molar-refractivity contribution in [3.8, 4) is 0 Å². The zero-order valence-electron chi connectivity index (χ0n) is 14.3. The van der Waals surface area contributed by atoms with Crippen molar-refractivity contribution in [2.24, 2.45) is 0 Å². The third-order valence-corrected chi connectivity index (χ3v) is 5.34. The third kappa shape index (κ3) is 4.26.